The number of ether oxygens (including phenoxy) is 1. The molecule has 1 N–H and O–H groups in total. The highest BCUT2D eigenvalue weighted by molar-refractivity contribution is 5.47. The first-order valence-corrected chi connectivity index (χ1v) is 6.27. The second-order valence-corrected chi connectivity index (χ2v) is 4.72. The largest absolute Gasteiger partial charge is 0.494 e. The summed E-state index contributed by atoms with van der Waals surface area (Å²) < 4.78 is 5.42. The van der Waals surface area contributed by atoms with Gasteiger partial charge in [0.1, 0.15) is 5.75 Å². The fourth-order valence-corrected chi connectivity index (χ4v) is 2.39. The zero-order chi connectivity index (χ0) is 11.4. The van der Waals surface area contributed by atoms with Gasteiger partial charge in [-0.1, -0.05) is 6.92 Å². The van der Waals surface area contributed by atoms with Gasteiger partial charge >= 0.3 is 0 Å². The Hall–Kier alpha value is -1.18. The molecule has 0 amide bonds. The maximum Gasteiger partial charge on any atom is 0.119 e. The molecule has 1 aliphatic carbocycles. The molecule has 0 aliphatic heterocycles. The molecule has 88 valence electrons. The monoisotopic (exact) mass is 219 g/mol. The highest BCUT2D eigenvalue weighted by atomic mass is 16.5. The molecule has 1 aliphatic rings. The van der Waals surface area contributed by atoms with Crippen LogP contribution in [0.5, 0.6) is 5.75 Å². The van der Waals surface area contributed by atoms with E-state index in [1.54, 1.807) is 0 Å². The summed E-state index contributed by atoms with van der Waals surface area (Å²) >= 11 is 0. The molecule has 2 atom stereocenters. The number of anilines is 1. The lowest BCUT2D eigenvalue weighted by molar-refractivity contribution is 0.340. The molecular formula is C14H21NO. The molecule has 1 saturated carbocycles. The van der Waals surface area contributed by atoms with Crippen LogP contribution in [0.4, 0.5) is 5.69 Å². The normalized spacial score (nSPS) is 24.4. The Balaban J connectivity index is 1.89. The molecule has 0 aromatic heterocycles. The molecule has 16 heavy (non-hydrogen) atoms. The van der Waals surface area contributed by atoms with Crippen LogP contribution in [0.3, 0.4) is 0 Å². The third-order valence-corrected chi connectivity index (χ3v) is 3.23. The summed E-state index contributed by atoms with van der Waals surface area (Å²) in [6.07, 6.45) is 3.95. The highest BCUT2D eigenvalue weighted by Crippen LogP contribution is 2.27. The van der Waals surface area contributed by atoms with Crippen LogP contribution in [0.1, 0.15) is 33.1 Å². The fraction of sp³-hybridized carbons (Fsp3) is 0.571. The van der Waals surface area contributed by atoms with Crippen molar-refractivity contribution in [1.29, 1.82) is 0 Å². The van der Waals surface area contributed by atoms with Gasteiger partial charge in [-0.2, -0.15) is 0 Å². The number of benzene rings is 1. The van der Waals surface area contributed by atoms with Crippen molar-refractivity contribution in [3.05, 3.63) is 24.3 Å². The van der Waals surface area contributed by atoms with Gasteiger partial charge in [-0.25, -0.2) is 0 Å². The molecule has 0 spiro atoms. The van der Waals surface area contributed by atoms with Gasteiger partial charge in [0.15, 0.2) is 0 Å². The van der Waals surface area contributed by atoms with E-state index >= 15 is 0 Å². The van der Waals surface area contributed by atoms with E-state index in [-0.39, 0.29) is 0 Å². The third kappa shape index (κ3) is 2.91. The van der Waals surface area contributed by atoms with Gasteiger partial charge in [0.25, 0.3) is 0 Å². The molecule has 0 heterocycles. The van der Waals surface area contributed by atoms with Gasteiger partial charge in [-0.15, -0.1) is 0 Å². The summed E-state index contributed by atoms with van der Waals surface area (Å²) in [4.78, 5) is 0. The SMILES string of the molecule is CCOc1ccc(NC2CCC(C)C2)cc1. The Morgan fingerprint density at radius 1 is 1.25 bits per heavy atom. The maximum absolute atomic E-state index is 5.42. The molecule has 2 nitrogen and oxygen atoms in total. The van der Waals surface area contributed by atoms with Crippen LogP contribution in [-0.4, -0.2) is 12.6 Å². The zero-order valence-electron chi connectivity index (χ0n) is 10.2. The van der Waals surface area contributed by atoms with Crippen molar-refractivity contribution in [2.75, 3.05) is 11.9 Å². The molecule has 0 radical (unpaired) electrons. The lowest BCUT2D eigenvalue weighted by Gasteiger charge is -2.14. The molecule has 0 bridgehead atoms. The summed E-state index contributed by atoms with van der Waals surface area (Å²) in [6, 6.07) is 8.93. The third-order valence-electron chi connectivity index (χ3n) is 3.23. The van der Waals surface area contributed by atoms with E-state index in [2.05, 4.69) is 24.4 Å². The molecule has 2 rings (SSSR count). The van der Waals surface area contributed by atoms with Gasteiger partial charge < -0.3 is 10.1 Å². The molecule has 1 aromatic carbocycles. The predicted octanol–water partition coefficient (Wildman–Crippen LogP) is 3.69. The minimum absolute atomic E-state index is 0.660. The fourth-order valence-electron chi connectivity index (χ4n) is 2.39. The van der Waals surface area contributed by atoms with E-state index in [9.17, 15) is 0 Å². The summed E-state index contributed by atoms with van der Waals surface area (Å²) in [6.45, 7) is 5.07. The first kappa shape index (κ1) is 11.3. The number of hydrogen-bond acceptors (Lipinski definition) is 2. The van der Waals surface area contributed by atoms with Crippen molar-refractivity contribution in [3.63, 3.8) is 0 Å². The van der Waals surface area contributed by atoms with E-state index in [4.69, 9.17) is 4.74 Å². The second-order valence-electron chi connectivity index (χ2n) is 4.72. The second kappa shape index (κ2) is 5.24. The zero-order valence-corrected chi connectivity index (χ0v) is 10.2. The van der Waals surface area contributed by atoms with Crippen molar-refractivity contribution in [2.24, 2.45) is 5.92 Å². The van der Waals surface area contributed by atoms with Gasteiger partial charge in [0.05, 0.1) is 6.61 Å². The smallest absolute Gasteiger partial charge is 0.119 e. The summed E-state index contributed by atoms with van der Waals surface area (Å²) in [5.74, 6) is 1.83. The summed E-state index contributed by atoms with van der Waals surface area (Å²) in [5.41, 5.74) is 1.21. The minimum Gasteiger partial charge on any atom is -0.494 e. The molecule has 1 aromatic rings. The Morgan fingerprint density at radius 2 is 2.00 bits per heavy atom. The van der Waals surface area contributed by atoms with Gasteiger partial charge in [-0.05, 0) is 56.4 Å². The lowest BCUT2D eigenvalue weighted by atomic mass is 10.1. The number of rotatable bonds is 4. The van der Waals surface area contributed by atoms with Crippen LogP contribution in [-0.2, 0) is 0 Å². The van der Waals surface area contributed by atoms with E-state index in [1.807, 2.05) is 19.1 Å². The highest BCUT2D eigenvalue weighted by Gasteiger charge is 2.20. The quantitative estimate of drug-likeness (QED) is 0.834. The van der Waals surface area contributed by atoms with Crippen molar-refractivity contribution in [2.45, 2.75) is 39.2 Å². The standard InChI is InChI=1S/C14H21NO/c1-3-16-14-8-6-12(7-9-14)15-13-5-4-11(2)10-13/h6-9,11,13,15H,3-5,10H2,1-2H3. The topological polar surface area (TPSA) is 21.3 Å². The first-order chi connectivity index (χ1) is 7.78. The first-order valence-electron chi connectivity index (χ1n) is 6.27. The predicted molar refractivity (Wildman–Crippen MR) is 68.0 cm³/mol. The van der Waals surface area contributed by atoms with Crippen LogP contribution < -0.4 is 10.1 Å². The van der Waals surface area contributed by atoms with Crippen molar-refractivity contribution < 1.29 is 4.74 Å². The van der Waals surface area contributed by atoms with Gasteiger partial charge in [-0.3, -0.25) is 0 Å². The van der Waals surface area contributed by atoms with E-state index < -0.39 is 0 Å². The number of hydrogen-bond donors (Lipinski definition) is 1. The minimum atomic E-state index is 0.660. The molecule has 0 saturated heterocycles. The Morgan fingerprint density at radius 3 is 2.56 bits per heavy atom. The average Bonchev–Trinajstić information content (AvgIpc) is 2.67. The van der Waals surface area contributed by atoms with Crippen LogP contribution >= 0.6 is 0 Å². The van der Waals surface area contributed by atoms with Crippen LogP contribution in [0.15, 0.2) is 24.3 Å². The van der Waals surface area contributed by atoms with Crippen LogP contribution in [0.25, 0.3) is 0 Å². The van der Waals surface area contributed by atoms with E-state index in [0.717, 1.165) is 18.3 Å². The average molecular weight is 219 g/mol. The van der Waals surface area contributed by atoms with E-state index in [0.29, 0.717) is 6.04 Å². The Bertz CT molecular complexity index is 320. The lowest BCUT2D eigenvalue weighted by Crippen LogP contribution is -2.14. The van der Waals surface area contributed by atoms with E-state index in [1.165, 1.54) is 24.9 Å². The molecule has 1 fully saturated rings. The maximum atomic E-state index is 5.42. The summed E-state index contributed by atoms with van der Waals surface area (Å²) in [5, 5.41) is 3.59. The Kier molecular flexibility index (Phi) is 3.70. The van der Waals surface area contributed by atoms with Crippen molar-refractivity contribution in [1.82, 2.24) is 0 Å². The van der Waals surface area contributed by atoms with Crippen molar-refractivity contribution >= 4 is 5.69 Å². The summed E-state index contributed by atoms with van der Waals surface area (Å²) in [7, 11) is 0. The van der Waals surface area contributed by atoms with Crippen LogP contribution in [0, 0.1) is 5.92 Å². The van der Waals surface area contributed by atoms with Gasteiger partial charge in [0, 0.05) is 11.7 Å². The Labute approximate surface area is 98.0 Å². The number of nitrogens with one attached hydrogen (secondary N) is 1. The molecule has 2 heteroatoms. The van der Waals surface area contributed by atoms with Gasteiger partial charge in [0.2, 0.25) is 0 Å². The van der Waals surface area contributed by atoms with Crippen molar-refractivity contribution in [3.8, 4) is 5.75 Å². The molecular weight excluding hydrogens is 198 g/mol. The van der Waals surface area contributed by atoms with Crippen LogP contribution in [0.2, 0.25) is 0 Å². The molecule has 2 unspecified atom stereocenters.